The van der Waals surface area contributed by atoms with E-state index in [1.807, 2.05) is 24.3 Å². The Bertz CT molecular complexity index is 638. The van der Waals surface area contributed by atoms with E-state index in [0.29, 0.717) is 6.54 Å². The van der Waals surface area contributed by atoms with Gasteiger partial charge in [-0.3, -0.25) is 0 Å². The first-order valence-electron chi connectivity index (χ1n) is 5.77. The summed E-state index contributed by atoms with van der Waals surface area (Å²) in [4.78, 5) is 6.34. The van der Waals surface area contributed by atoms with Gasteiger partial charge in [-0.2, -0.15) is 4.31 Å². The second kappa shape index (κ2) is 5.52. The normalized spacial score (nSPS) is 11.9. The summed E-state index contributed by atoms with van der Waals surface area (Å²) in [6.45, 7) is 0.656. The number of sulfonamides is 1. The van der Waals surface area contributed by atoms with Gasteiger partial charge in [-0.05, 0) is 11.1 Å². The smallest absolute Gasteiger partial charge is 0.260 e. The van der Waals surface area contributed by atoms with Gasteiger partial charge in [-0.15, -0.1) is 0 Å². The van der Waals surface area contributed by atoms with E-state index in [4.69, 9.17) is 5.73 Å². The molecule has 0 aliphatic heterocycles. The number of nitrogens with zero attached hydrogens (tertiary/aromatic N) is 2. The van der Waals surface area contributed by atoms with Gasteiger partial charge in [0.25, 0.3) is 10.0 Å². The fraction of sp³-hybridized carbons (Fsp3) is 0.250. The molecule has 0 aliphatic rings. The van der Waals surface area contributed by atoms with Gasteiger partial charge in [-0.25, -0.2) is 13.4 Å². The fourth-order valence-electron chi connectivity index (χ4n) is 1.79. The van der Waals surface area contributed by atoms with Crippen molar-refractivity contribution in [2.45, 2.75) is 18.1 Å². The van der Waals surface area contributed by atoms with Crippen molar-refractivity contribution in [1.82, 2.24) is 14.3 Å². The molecule has 2 rings (SSSR count). The summed E-state index contributed by atoms with van der Waals surface area (Å²) in [7, 11) is -2.01. The number of hydrogen-bond acceptors (Lipinski definition) is 4. The minimum Gasteiger partial charge on any atom is -0.335 e. The topological polar surface area (TPSA) is 92.1 Å². The van der Waals surface area contributed by atoms with E-state index in [1.165, 1.54) is 23.9 Å². The molecule has 0 atom stereocenters. The second-order valence-electron chi connectivity index (χ2n) is 4.15. The van der Waals surface area contributed by atoms with Gasteiger partial charge >= 0.3 is 0 Å². The highest BCUT2D eigenvalue weighted by Gasteiger charge is 2.22. The summed E-state index contributed by atoms with van der Waals surface area (Å²) in [6, 6.07) is 7.52. The maximum Gasteiger partial charge on any atom is 0.260 e. The summed E-state index contributed by atoms with van der Waals surface area (Å²) in [5.41, 5.74) is 7.48. The van der Waals surface area contributed by atoms with Crippen molar-refractivity contribution >= 4 is 10.0 Å². The first-order valence-corrected chi connectivity index (χ1v) is 7.21. The van der Waals surface area contributed by atoms with Gasteiger partial charge < -0.3 is 10.7 Å². The molecule has 2 aromatic rings. The molecule has 0 amide bonds. The first-order chi connectivity index (χ1) is 9.05. The van der Waals surface area contributed by atoms with Gasteiger partial charge in [0, 0.05) is 20.1 Å². The molecule has 0 unspecified atom stereocenters. The van der Waals surface area contributed by atoms with Crippen LogP contribution >= 0.6 is 0 Å². The Labute approximate surface area is 112 Å². The van der Waals surface area contributed by atoms with Crippen LogP contribution in [0.15, 0.2) is 41.8 Å². The maximum absolute atomic E-state index is 12.2. The predicted octanol–water partition coefficient (Wildman–Crippen LogP) is 0.689. The van der Waals surface area contributed by atoms with Gasteiger partial charge in [0.05, 0.1) is 12.5 Å². The predicted molar refractivity (Wildman–Crippen MR) is 71.6 cm³/mol. The largest absolute Gasteiger partial charge is 0.335 e. The average Bonchev–Trinajstić information content (AvgIpc) is 2.93. The van der Waals surface area contributed by atoms with Crippen LogP contribution in [0.2, 0.25) is 0 Å². The van der Waals surface area contributed by atoms with E-state index in [1.54, 1.807) is 0 Å². The van der Waals surface area contributed by atoms with Crippen molar-refractivity contribution in [1.29, 1.82) is 0 Å². The van der Waals surface area contributed by atoms with Crippen LogP contribution < -0.4 is 5.73 Å². The van der Waals surface area contributed by atoms with E-state index in [9.17, 15) is 8.42 Å². The summed E-state index contributed by atoms with van der Waals surface area (Å²) < 4.78 is 25.7. The molecular weight excluding hydrogens is 264 g/mol. The molecule has 6 nitrogen and oxygen atoms in total. The number of nitrogens with two attached hydrogens (primary N) is 1. The van der Waals surface area contributed by atoms with Crippen molar-refractivity contribution in [3.8, 4) is 0 Å². The third-order valence-corrected chi connectivity index (χ3v) is 4.62. The van der Waals surface area contributed by atoms with Crippen LogP contribution in [0.25, 0.3) is 0 Å². The van der Waals surface area contributed by atoms with E-state index in [0.717, 1.165) is 11.1 Å². The Morgan fingerprint density at radius 2 is 2.00 bits per heavy atom. The molecule has 1 heterocycles. The van der Waals surface area contributed by atoms with Crippen LogP contribution in [0.1, 0.15) is 11.1 Å². The lowest BCUT2D eigenvalue weighted by Crippen LogP contribution is -2.27. The number of aromatic amines is 1. The zero-order valence-corrected chi connectivity index (χ0v) is 11.4. The quantitative estimate of drug-likeness (QED) is 0.842. The van der Waals surface area contributed by atoms with Crippen LogP contribution in [-0.4, -0.2) is 29.7 Å². The van der Waals surface area contributed by atoms with Gasteiger partial charge in [-0.1, -0.05) is 24.3 Å². The maximum atomic E-state index is 12.2. The summed E-state index contributed by atoms with van der Waals surface area (Å²) in [5.74, 6) is 0. The van der Waals surface area contributed by atoms with Crippen LogP contribution in [0.4, 0.5) is 0 Å². The minimum atomic E-state index is -3.54. The lowest BCUT2D eigenvalue weighted by atomic mass is 10.1. The third-order valence-electron chi connectivity index (χ3n) is 2.89. The second-order valence-corrected chi connectivity index (χ2v) is 6.16. The van der Waals surface area contributed by atoms with Crippen LogP contribution in [0, 0.1) is 0 Å². The molecule has 102 valence electrons. The Balaban J connectivity index is 2.24. The molecule has 19 heavy (non-hydrogen) atoms. The zero-order chi connectivity index (χ0) is 13.9. The lowest BCUT2D eigenvalue weighted by molar-refractivity contribution is 0.463. The molecule has 0 saturated carbocycles. The van der Waals surface area contributed by atoms with E-state index >= 15 is 0 Å². The molecule has 7 heteroatoms. The monoisotopic (exact) mass is 280 g/mol. The number of hydrogen-bond donors (Lipinski definition) is 2. The number of benzene rings is 1. The summed E-state index contributed by atoms with van der Waals surface area (Å²) >= 11 is 0. The Kier molecular flexibility index (Phi) is 3.98. The number of rotatable bonds is 5. The van der Waals surface area contributed by atoms with Crippen molar-refractivity contribution in [2.75, 3.05) is 7.05 Å². The highest BCUT2D eigenvalue weighted by Crippen LogP contribution is 2.16. The molecule has 0 spiro atoms. The molecule has 3 N–H and O–H groups in total. The highest BCUT2D eigenvalue weighted by atomic mass is 32.2. The fourth-order valence-corrected chi connectivity index (χ4v) is 2.83. The minimum absolute atomic E-state index is 0.0835. The van der Waals surface area contributed by atoms with E-state index in [2.05, 4.69) is 9.97 Å². The summed E-state index contributed by atoms with van der Waals surface area (Å²) in [6.07, 6.45) is 2.63. The average molecular weight is 280 g/mol. The standard InChI is InChI=1S/C12H16N4O2S/c1-16(19(17,18)12-7-14-9-15-12)8-11-5-3-2-4-10(11)6-13/h2-5,7,9H,6,8,13H2,1H3,(H,14,15). The van der Waals surface area contributed by atoms with E-state index < -0.39 is 10.0 Å². The number of H-pyrrole nitrogens is 1. The summed E-state index contributed by atoms with van der Waals surface area (Å²) in [5, 5.41) is 0.0835. The van der Waals surface area contributed by atoms with E-state index in [-0.39, 0.29) is 11.6 Å². The van der Waals surface area contributed by atoms with Crippen molar-refractivity contribution in [2.24, 2.45) is 5.73 Å². The van der Waals surface area contributed by atoms with Crippen LogP contribution in [-0.2, 0) is 23.1 Å². The Morgan fingerprint density at radius 1 is 1.32 bits per heavy atom. The SMILES string of the molecule is CN(Cc1ccccc1CN)S(=O)(=O)c1cnc[nH]1. The van der Waals surface area contributed by atoms with Gasteiger partial charge in [0.15, 0.2) is 5.03 Å². The highest BCUT2D eigenvalue weighted by molar-refractivity contribution is 7.89. The molecule has 1 aromatic carbocycles. The van der Waals surface area contributed by atoms with Gasteiger partial charge in [0.1, 0.15) is 0 Å². The Hall–Kier alpha value is -1.70. The lowest BCUT2D eigenvalue weighted by Gasteiger charge is -2.17. The van der Waals surface area contributed by atoms with Crippen molar-refractivity contribution in [3.05, 3.63) is 47.9 Å². The third kappa shape index (κ3) is 2.83. The molecule has 0 bridgehead atoms. The first kappa shape index (κ1) is 13.7. The Morgan fingerprint density at radius 3 is 2.58 bits per heavy atom. The number of nitrogens with one attached hydrogen (secondary N) is 1. The van der Waals surface area contributed by atoms with Crippen LogP contribution in [0.3, 0.4) is 0 Å². The van der Waals surface area contributed by atoms with Crippen LogP contribution in [0.5, 0.6) is 0 Å². The molecular formula is C12H16N4O2S. The molecule has 1 aromatic heterocycles. The molecule has 0 fully saturated rings. The molecule has 0 saturated heterocycles. The zero-order valence-electron chi connectivity index (χ0n) is 10.6. The van der Waals surface area contributed by atoms with Crippen molar-refractivity contribution in [3.63, 3.8) is 0 Å². The molecule has 0 radical (unpaired) electrons. The van der Waals surface area contributed by atoms with Gasteiger partial charge in [0.2, 0.25) is 0 Å². The number of aromatic nitrogens is 2. The van der Waals surface area contributed by atoms with Crippen molar-refractivity contribution < 1.29 is 8.42 Å². The number of imidazole rings is 1. The molecule has 0 aliphatic carbocycles.